The van der Waals surface area contributed by atoms with Crippen LogP contribution in [-0.2, 0) is 19.6 Å². The monoisotopic (exact) mass is 222 g/mol. The third-order valence-electron chi connectivity index (χ3n) is 2.04. The summed E-state index contributed by atoms with van der Waals surface area (Å²) in [6, 6.07) is 0. The highest BCUT2D eigenvalue weighted by Gasteiger charge is 2.30. The van der Waals surface area contributed by atoms with Gasteiger partial charge < -0.3 is 10.1 Å². The summed E-state index contributed by atoms with van der Waals surface area (Å²) in [5.74, 6) is -0.293. The van der Waals surface area contributed by atoms with E-state index in [-0.39, 0.29) is 19.1 Å². The molecule has 0 aromatic rings. The van der Waals surface area contributed by atoms with E-state index in [1.807, 2.05) is 0 Å². The molecule has 1 saturated heterocycles. The maximum absolute atomic E-state index is 11.2. The van der Waals surface area contributed by atoms with Crippen LogP contribution in [0.25, 0.3) is 0 Å². The van der Waals surface area contributed by atoms with Crippen molar-refractivity contribution in [1.29, 1.82) is 0 Å². The molecule has 1 aliphatic heterocycles. The van der Waals surface area contributed by atoms with Gasteiger partial charge in [-0.15, -0.1) is 0 Å². The van der Waals surface area contributed by atoms with Crippen LogP contribution in [0.4, 0.5) is 0 Å². The van der Waals surface area contributed by atoms with Crippen molar-refractivity contribution >= 4 is 15.9 Å². The molecule has 7 heteroatoms. The molecule has 0 aromatic heterocycles. The van der Waals surface area contributed by atoms with Gasteiger partial charge in [0.15, 0.2) is 0 Å². The van der Waals surface area contributed by atoms with Crippen molar-refractivity contribution in [2.45, 2.75) is 6.10 Å². The number of nitrogens with zero attached hydrogens (tertiary/aromatic N) is 1. The fraction of sp³-hybridized carbons (Fsp3) is 0.857. The van der Waals surface area contributed by atoms with Crippen LogP contribution in [0.5, 0.6) is 0 Å². The zero-order valence-electron chi connectivity index (χ0n) is 8.19. The van der Waals surface area contributed by atoms with E-state index in [9.17, 15) is 13.2 Å². The number of amides is 1. The second kappa shape index (κ2) is 4.24. The van der Waals surface area contributed by atoms with E-state index < -0.39 is 16.1 Å². The van der Waals surface area contributed by atoms with E-state index >= 15 is 0 Å². The van der Waals surface area contributed by atoms with Crippen molar-refractivity contribution in [2.24, 2.45) is 0 Å². The smallest absolute Gasteiger partial charge is 0.250 e. The molecule has 82 valence electrons. The van der Waals surface area contributed by atoms with E-state index in [0.29, 0.717) is 6.54 Å². The molecule has 1 aliphatic rings. The zero-order chi connectivity index (χ0) is 10.8. The number of carbonyl (C=O) groups is 1. The fourth-order valence-electron chi connectivity index (χ4n) is 1.25. The first-order valence-corrected chi connectivity index (χ1v) is 6.08. The highest BCUT2D eigenvalue weighted by Crippen LogP contribution is 2.08. The van der Waals surface area contributed by atoms with Gasteiger partial charge in [0.2, 0.25) is 15.9 Å². The molecular weight excluding hydrogens is 208 g/mol. The average molecular weight is 222 g/mol. The van der Waals surface area contributed by atoms with E-state index in [1.54, 1.807) is 0 Å². The molecule has 1 atom stereocenters. The third kappa shape index (κ3) is 2.66. The third-order valence-corrected chi connectivity index (χ3v) is 3.31. The van der Waals surface area contributed by atoms with E-state index in [0.717, 1.165) is 6.26 Å². The van der Waals surface area contributed by atoms with Gasteiger partial charge in [0.05, 0.1) is 12.9 Å². The molecule has 14 heavy (non-hydrogen) atoms. The summed E-state index contributed by atoms with van der Waals surface area (Å²) in [4.78, 5) is 11.2. The van der Waals surface area contributed by atoms with Crippen molar-refractivity contribution in [3.05, 3.63) is 0 Å². The Hall–Kier alpha value is -0.660. The molecule has 0 bridgehead atoms. The van der Waals surface area contributed by atoms with Gasteiger partial charge in [-0.1, -0.05) is 0 Å². The highest BCUT2D eigenvalue weighted by molar-refractivity contribution is 7.88. The van der Waals surface area contributed by atoms with Gasteiger partial charge in [0.25, 0.3) is 0 Å². The Bertz CT molecular complexity index is 314. The van der Waals surface area contributed by atoms with Crippen molar-refractivity contribution in [2.75, 3.05) is 33.0 Å². The fourth-order valence-corrected chi connectivity index (χ4v) is 2.06. The second-order valence-electron chi connectivity index (χ2n) is 3.09. The van der Waals surface area contributed by atoms with Gasteiger partial charge >= 0.3 is 0 Å². The van der Waals surface area contributed by atoms with E-state index in [1.165, 1.54) is 11.4 Å². The second-order valence-corrected chi connectivity index (χ2v) is 5.08. The van der Waals surface area contributed by atoms with Crippen LogP contribution in [0.15, 0.2) is 0 Å². The number of sulfonamides is 1. The SMILES string of the molecule is CNC(=O)C1CN(S(C)(=O)=O)CCO1. The van der Waals surface area contributed by atoms with Crippen LogP contribution in [0, 0.1) is 0 Å². The van der Waals surface area contributed by atoms with Crippen LogP contribution < -0.4 is 5.32 Å². The van der Waals surface area contributed by atoms with Gasteiger partial charge in [-0.05, 0) is 0 Å². The van der Waals surface area contributed by atoms with Gasteiger partial charge in [-0.3, -0.25) is 4.79 Å². The predicted octanol–water partition coefficient (Wildman–Crippen LogP) is -1.61. The molecule has 1 heterocycles. The van der Waals surface area contributed by atoms with Crippen LogP contribution in [0.1, 0.15) is 0 Å². The molecule has 1 rings (SSSR count). The average Bonchev–Trinajstić information content (AvgIpc) is 2.15. The van der Waals surface area contributed by atoms with Crippen molar-refractivity contribution in [3.63, 3.8) is 0 Å². The molecule has 6 nitrogen and oxygen atoms in total. The summed E-state index contributed by atoms with van der Waals surface area (Å²) in [6.07, 6.45) is 0.433. The summed E-state index contributed by atoms with van der Waals surface area (Å²) in [5.41, 5.74) is 0. The Balaban J connectivity index is 2.65. The lowest BCUT2D eigenvalue weighted by Gasteiger charge is -2.29. The maximum atomic E-state index is 11.2. The van der Waals surface area contributed by atoms with Crippen molar-refractivity contribution in [1.82, 2.24) is 9.62 Å². The lowest BCUT2D eigenvalue weighted by molar-refractivity contribution is -0.135. The Labute approximate surface area is 83.3 Å². The number of carbonyl (C=O) groups excluding carboxylic acids is 1. The lowest BCUT2D eigenvalue weighted by Crippen LogP contribution is -2.50. The Morgan fingerprint density at radius 2 is 2.21 bits per heavy atom. The quantitative estimate of drug-likeness (QED) is 0.610. The molecule has 0 aromatic carbocycles. The van der Waals surface area contributed by atoms with Gasteiger partial charge in [-0.25, -0.2) is 8.42 Å². The number of ether oxygens (including phenoxy) is 1. The molecule has 0 saturated carbocycles. The van der Waals surface area contributed by atoms with Crippen molar-refractivity contribution in [3.8, 4) is 0 Å². The molecular formula is C7H14N2O4S. The molecule has 1 fully saturated rings. The molecule has 1 amide bonds. The van der Waals surface area contributed by atoms with E-state index in [2.05, 4.69) is 5.32 Å². The summed E-state index contributed by atoms with van der Waals surface area (Å²) < 4.78 is 28.7. The topological polar surface area (TPSA) is 75.7 Å². The summed E-state index contributed by atoms with van der Waals surface area (Å²) in [5, 5.41) is 2.42. The lowest BCUT2D eigenvalue weighted by atomic mass is 10.3. The molecule has 0 spiro atoms. The number of likely N-dealkylation sites (N-methyl/N-ethyl adjacent to an activating group) is 1. The van der Waals surface area contributed by atoms with Gasteiger partial charge in [0, 0.05) is 20.1 Å². The van der Waals surface area contributed by atoms with Crippen LogP contribution in [-0.4, -0.2) is 57.7 Å². The summed E-state index contributed by atoms with van der Waals surface area (Å²) in [6.45, 7) is 0.663. The first kappa shape index (κ1) is 11.4. The van der Waals surface area contributed by atoms with Crippen LogP contribution in [0.2, 0.25) is 0 Å². The zero-order valence-corrected chi connectivity index (χ0v) is 9.00. The standard InChI is InChI=1S/C7H14N2O4S/c1-8-7(10)6-5-9(3-4-13-6)14(2,11)12/h6H,3-5H2,1-2H3,(H,8,10). The molecule has 1 unspecified atom stereocenters. The molecule has 0 aliphatic carbocycles. The van der Waals surface area contributed by atoms with Crippen LogP contribution >= 0.6 is 0 Å². The Morgan fingerprint density at radius 1 is 1.57 bits per heavy atom. The predicted molar refractivity (Wildman–Crippen MR) is 50.2 cm³/mol. The minimum absolute atomic E-state index is 0.0957. The summed E-state index contributed by atoms with van der Waals surface area (Å²) in [7, 11) is -1.74. The maximum Gasteiger partial charge on any atom is 0.250 e. The first-order valence-electron chi connectivity index (χ1n) is 4.23. The number of hydrogen-bond donors (Lipinski definition) is 1. The number of hydrogen-bond acceptors (Lipinski definition) is 4. The Kier molecular flexibility index (Phi) is 3.46. The number of nitrogens with one attached hydrogen (secondary N) is 1. The highest BCUT2D eigenvalue weighted by atomic mass is 32.2. The van der Waals surface area contributed by atoms with E-state index in [4.69, 9.17) is 4.74 Å². The largest absolute Gasteiger partial charge is 0.366 e. The minimum atomic E-state index is -3.23. The Morgan fingerprint density at radius 3 is 2.71 bits per heavy atom. The number of rotatable bonds is 2. The number of morpholine rings is 1. The minimum Gasteiger partial charge on any atom is -0.366 e. The summed E-state index contributed by atoms with van der Waals surface area (Å²) >= 11 is 0. The van der Waals surface area contributed by atoms with Crippen molar-refractivity contribution < 1.29 is 17.9 Å². The molecule has 0 radical (unpaired) electrons. The van der Waals surface area contributed by atoms with Gasteiger partial charge in [-0.2, -0.15) is 4.31 Å². The normalized spacial score (nSPS) is 24.6. The van der Waals surface area contributed by atoms with Gasteiger partial charge in [0.1, 0.15) is 6.10 Å². The first-order chi connectivity index (χ1) is 6.45. The van der Waals surface area contributed by atoms with Crippen LogP contribution in [0.3, 0.4) is 0 Å². The molecule has 1 N–H and O–H groups in total.